The van der Waals surface area contributed by atoms with Gasteiger partial charge in [-0.05, 0) is 89.9 Å². The molecule has 0 bridgehead atoms. The minimum Gasteiger partial charge on any atom is -0.462 e. The standard InChI is InChI=1S/C76H138O6/c1-4-7-10-13-16-19-22-24-26-28-30-32-33-34-35-36-37-38-39-40-41-42-43-45-46-48-50-52-54-57-60-63-66-69-75(78)81-72-73(71-80-74(77)68-65-62-59-56-21-18-15-12-9-6-3)82-76(79)70-67-64-61-58-55-53-51-49-47-44-31-29-27-25-23-20-17-14-11-8-5-2/h22-25,28-31,33-34,73H,4-21,26-27,32,35-72H2,1-3H3/b24-22-,25-23-,30-28-,31-29-,34-33-. The molecule has 0 aromatic rings. The van der Waals surface area contributed by atoms with E-state index in [1.54, 1.807) is 0 Å². The van der Waals surface area contributed by atoms with Gasteiger partial charge in [-0.1, -0.05) is 338 Å². The summed E-state index contributed by atoms with van der Waals surface area (Å²) in [6, 6.07) is 0. The number of ether oxygens (including phenoxy) is 3. The van der Waals surface area contributed by atoms with E-state index in [1.807, 2.05) is 0 Å². The van der Waals surface area contributed by atoms with E-state index in [2.05, 4.69) is 81.5 Å². The maximum atomic E-state index is 12.9. The maximum absolute atomic E-state index is 12.9. The van der Waals surface area contributed by atoms with E-state index in [0.29, 0.717) is 19.3 Å². The number of carbonyl (C=O) groups excluding carboxylic acids is 3. The smallest absolute Gasteiger partial charge is 0.306 e. The van der Waals surface area contributed by atoms with Crippen LogP contribution >= 0.6 is 0 Å². The second-order valence-electron chi connectivity index (χ2n) is 24.5. The van der Waals surface area contributed by atoms with E-state index < -0.39 is 6.10 Å². The topological polar surface area (TPSA) is 78.9 Å². The first-order chi connectivity index (χ1) is 40.5. The second kappa shape index (κ2) is 70.6. The molecule has 0 rings (SSSR count). The van der Waals surface area contributed by atoms with Gasteiger partial charge in [0.05, 0.1) is 0 Å². The van der Waals surface area contributed by atoms with E-state index in [-0.39, 0.29) is 31.1 Å². The Kier molecular flexibility index (Phi) is 68.1. The van der Waals surface area contributed by atoms with E-state index >= 15 is 0 Å². The van der Waals surface area contributed by atoms with Crippen molar-refractivity contribution in [1.29, 1.82) is 0 Å². The number of esters is 3. The molecule has 0 aliphatic carbocycles. The maximum Gasteiger partial charge on any atom is 0.306 e. The molecule has 0 aliphatic rings. The van der Waals surface area contributed by atoms with Crippen LogP contribution in [-0.4, -0.2) is 37.2 Å². The Bertz CT molecular complexity index is 1460. The molecule has 0 aromatic heterocycles. The first kappa shape index (κ1) is 79.1. The third kappa shape index (κ3) is 67.9. The van der Waals surface area contributed by atoms with Crippen molar-refractivity contribution in [2.45, 2.75) is 393 Å². The highest BCUT2D eigenvalue weighted by molar-refractivity contribution is 5.71. The largest absolute Gasteiger partial charge is 0.462 e. The molecule has 0 aromatic carbocycles. The van der Waals surface area contributed by atoms with E-state index in [4.69, 9.17) is 14.2 Å². The summed E-state index contributed by atoms with van der Waals surface area (Å²) in [4.78, 5) is 38.3. The summed E-state index contributed by atoms with van der Waals surface area (Å²) in [7, 11) is 0. The predicted octanol–water partition coefficient (Wildman–Crippen LogP) is 25.1. The van der Waals surface area contributed by atoms with Crippen molar-refractivity contribution in [1.82, 2.24) is 0 Å². The molecule has 0 saturated heterocycles. The van der Waals surface area contributed by atoms with Crippen molar-refractivity contribution >= 4 is 17.9 Å². The Balaban J connectivity index is 4.10. The highest BCUT2D eigenvalue weighted by Gasteiger charge is 2.19. The molecular weight excluding hydrogens is 1010 g/mol. The van der Waals surface area contributed by atoms with Crippen LogP contribution in [-0.2, 0) is 28.6 Å². The zero-order chi connectivity index (χ0) is 59.2. The molecule has 0 amide bonds. The van der Waals surface area contributed by atoms with Gasteiger partial charge >= 0.3 is 17.9 Å². The Labute approximate surface area is 510 Å². The quantitative estimate of drug-likeness (QED) is 0.0261. The zero-order valence-electron chi connectivity index (χ0n) is 55.0. The van der Waals surface area contributed by atoms with E-state index in [9.17, 15) is 14.4 Å². The Hall–Kier alpha value is -2.89. The number of rotatable bonds is 67. The molecule has 1 unspecified atom stereocenters. The van der Waals surface area contributed by atoms with Crippen molar-refractivity contribution in [3.8, 4) is 0 Å². The van der Waals surface area contributed by atoms with Crippen molar-refractivity contribution in [3.63, 3.8) is 0 Å². The second-order valence-corrected chi connectivity index (χ2v) is 24.5. The molecule has 478 valence electrons. The Morgan fingerprint density at radius 3 is 0.683 bits per heavy atom. The number of hydrogen-bond donors (Lipinski definition) is 0. The van der Waals surface area contributed by atoms with Crippen LogP contribution in [0.3, 0.4) is 0 Å². The van der Waals surface area contributed by atoms with Gasteiger partial charge in [0.1, 0.15) is 13.2 Å². The highest BCUT2D eigenvalue weighted by atomic mass is 16.6. The Morgan fingerprint density at radius 2 is 0.439 bits per heavy atom. The lowest BCUT2D eigenvalue weighted by Gasteiger charge is -2.18. The summed E-state index contributed by atoms with van der Waals surface area (Å²) in [6.45, 7) is 6.66. The molecule has 0 N–H and O–H groups in total. The first-order valence-corrected chi connectivity index (χ1v) is 36.3. The highest BCUT2D eigenvalue weighted by Crippen LogP contribution is 2.18. The van der Waals surface area contributed by atoms with Gasteiger partial charge in [-0.25, -0.2) is 0 Å². The molecule has 0 radical (unpaired) electrons. The molecule has 0 heterocycles. The third-order valence-corrected chi connectivity index (χ3v) is 16.2. The van der Waals surface area contributed by atoms with Crippen LogP contribution < -0.4 is 0 Å². The summed E-state index contributed by atoms with van der Waals surface area (Å²) in [5.74, 6) is -0.853. The molecule has 82 heavy (non-hydrogen) atoms. The summed E-state index contributed by atoms with van der Waals surface area (Å²) in [5.41, 5.74) is 0. The number of allylic oxidation sites excluding steroid dienone is 10. The summed E-state index contributed by atoms with van der Waals surface area (Å²) in [6.07, 6.45) is 91.2. The van der Waals surface area contributed by atoms with Crippen LogP contribution in [0.15, 0.2) is 60.8 Å². The number of unbranched alkanes of at least 4 members (excludes halogenated alkanes) is 46. The summed E-state index contributed by atoms with van der Waals surface area (Å²) in [5, 5.41) is 0. The van der Waals surface area contributed by atoms with Crippen molar-refractivity contribution in [2.75, 3.05) is 13.2 Å². The molecule has 0 saturated carbocycles. The predicted molar refractivity (Wildman–Crippen MR) is 358 cm³/mol. The van der Waals surface area contributed by atoms with Crippen LogP contribution in [0.2, 0.25) is 0 Å². The molecule has 6 nitrogen and oxygen atoms in total. The van der Waals surface area contributed by atoms with Gasteiger partial charge in [0.2, 0.25) is 0 Å². The molecule has 0 fully saturated rings. The van der Waals surface area contributed by atoms with Gasteiger partial charge in [0.15, 0.2) is 6.10 Å². The normalized spacial score (nSPS) is 12.4. The zero-order valence-corrected chi connectivity index (χ0v) is 55.0. The summed E-state index contributed by atoms with van der Waals surface area (Å²) >= 11 is 0. The first-order valence-electron chi connectivity index (χ1n) is 36.3. The molecule has 0 spiro atoms. The molecule has 0 aliphatic heterocycles. The fraction of sp³-hybridized carbons (Fsp3) is 0.829. The minimum atomic E-state index is -0.774. The lowest BCUT2D eigenvalue weighted by Crippen LogP contribution is -2.30. The fourth-order valence-corrected chi connectivity index (χ4v) is 10.8. The van der Waals surface area contributed by atoms with Gasteiger partial charge in [-0.15, -0.1) is 0 Å². The van der Waals surface area contributed by atoms with Gasteiger partial charge < -0.3 is 14.2 Å². The van der Waals surface area contributed by atoms with Gasteiger partial charge in [0.25, 0.3) is 0 Å². The van der Waals surface area contributed by atoms with Gasteiger partial charge in [0, 0.05) is 19.3 Å². The van der Waals surface area contributed by atoms with Crippen LogP contribution in [0.25, 0.3) is 0 Å². The van der Waals surface area contributed by atoms with Crippen LogP contribution in [0.1, 0.15) is 387 Å². The Morgan fingerprint density at radius 1 is 0.244 bits per heavy atom. The minimum absolute atomic E-state index is 0.0707. The van der Waals surface area contributed by atoms with Gasteiger partial charge in [-0.2, -0.15) is 0 Å². The van der Waals surface area contributed by atoms with E-state index in [1.165, 1.54) is 270 Å². The van der Waals surface area contributed by atoms with Crippen LogP contribution in [0, 0.1) is 0 Å². The molecule has 1 atom stereocenters. The lowest BCUT2D eigenvalue weighted by molar-refractivity contribution is -0.167. The van der Waals surface area contributed by atoms with Crippen molar-refractivity contribution < 1.29 is 28.6 Å². The van der Waals surface area contributed by atoms with Crippen LogP contribution in [0.4, 0.5) is 0 Å². The van der Waals surface area contributed by atoms with Gasteiger partial charge in [-0.3, -0.25) is 14.4 Å². The number of hydrogen-bond acceptors (Lipinski definition) is 6. The third-order valence-electron chi connectivity index (χ3n) is 16.2. The van der Waals surface area contributed by atoms with E-state index in [0.717, 1.165) is 77.0 Å². The average Bonchev–Trinajstić information content (AvgIpc) is 3.48. The van der Waals surface area contributed by atoms with Crippen molar-refractivity contribution in [2.24, 2.45) is 0 Å². The monoisotopic (exact) mass is 1150 g/mol. The fourth-order valence-electron chi connectivity index (χ4n) is 10.8. The molecular formula is C76H138O6. The van der Waals surface area contributed by atoms with Crippen LogP contribution in [0.5, 0.6) is 0 Å². The van der Waals surface area contributed by atoms with Crippen molar-refractivity contribution in [3.05, 3.63) is 60.8 Å². The SMILES string of the molecule is CCCCCCC/C=C\C/C=C\C/C=C\CCCCCCCCCCCCCCCCCCCCC(=O)OCC(COC(=O)CCCCCCCCCCCC)OC(=O)CCCCCCCCCCC/C=C\C/C=C\CCCCCCC. The molecule has 6 heteroatoms. The lowest BCUT2D eigenvalue weighted by atomic mass is 10.0. The average molecular weight is 1150 g/mol. The number of carbonyl (C=O) groups is 3. The summed E-state index contributed by atoms with van der Waals surface area (Å²) < 4.78 is 17.0.